The quantitative estimate of drug-likeness (QED) is 0.600. The number of hydrogen-bond donors (Lipinski definition) is 3. The van der Waals surface area contributed by atoms with Crippen LogP contribution >= 0.6 is 0 Å². The number of carbonyl (C=O) groups is 1. The Morgan fingerprint density at radius 3 is 2.70 bits per heavy atom. The highest BCUT2D eigenvalue weighted by Gasteiger charge is 2.35. The molecule has 4 rings (SSSR count). The summed E-state index contributed by atoms with van der Waals surface area (Å²) in [7, 11) is 0. The van der Waals surface area contributed by atoms with E-state index in [-0.39, 0.29) is 29.7 Å². The van der Waals surface area contributed by atoms with Crippen LogP contribution in [0.1, 0.15) is 67.2 Å². The number of pyridine rings is 1. The maximum atomic E-state index is 12.8. The summed E-state index contributed by atoms with van der Waals surface area (Å²) >= 11 is 0. The number of carbonyl (C=O) groups excluding carboxylic acids is 1. The average Bonchev–Trinajstić information content (AvgIpc) is 2.82. The number of benzene rings is 1. The lowest BCUT2D eigenvalue weighted by molar-refractivity contribution is -0.0470. The highest BCUT2D eigenvalue weighted by atomic mass is 16.5. The highest BCUT2D eigenvalue weighted by molar-refractivity contribution is 5.94. The van der Waals surface area contributed by atoms with E-state index < -0.39 is 18.1 Å². The maximum absolute atomic E-state index is 12.8. The zero-order chi connectivity index (χ0) is 23.5. The van der Waals surface area contributed by atoms with Crippen molar-refractivity contribution in [2.24, 2.45) is 0 Å². The van der Waals surface area contributed by atoms with E-state index >= 15 is 0 Å². The summed E-state index contributed by atoms with van der Waals surface area (Å²) in [4.78, 5) is 25.4. The molecule has 1 aliphatic heterocycles. The molecule has 2 aliphatic rings. The van der Waals surface area contributed by atoms with Crippen LogP contribution in [0.4, 0.5) is 0 Å². The molecule has 0 bridgehead atoms. The molecular weight excluding hydrogens is 420 g/mol. The van der Waals surface area contributed by atoms with E-state index in [0.717, 1.165) is 29.7 Å². The van der Waals surface area contributed by atoms with Gasteiger partial charge >= 0.3 is 0 Å². The van der Waals surface area contributed by atoms with E-state index in [1.54, 1.807) is 13.1 Å². The van der Waals surface area contributed by atoms with Crippen LogP contribution < -0.4 is 10.7 Å². The normalized spacial score (nSPS) is 23.0. The van der Waals surface area contributed by atoms with Crippen LogP contribution in [0.15, 0.2) is 53.0 Å². The molecule has 1 amide bonds. The second-order valence-electron chi connectivity index (χ2n) is 9.06. The molecule has 2 aromatic rings. The molecule has 7 heteroatoms. The van der Waals surface area contributed by atoms with Crippen LogP contribution in [0.3, 0.4) is 0 Å². The Morgan fingerprint density at radius 1 is 1.24 bits per heavy atom. The van der Waals surface area contributed by atoms with Gasteiger partial charge in [-0.15, -0.1) is 0 Å². The van der Waals surface area contributed by atoms with E-state index in [9.17, 15) is 19.8 Å². The Hall–Kier alpha value is -2.74. The maximum Gasteiger partial charge on any atom is 0.257 e. The first kappa shape index (κ1) is 23.4. The SMILES string of the molecule is CCC1CC2=C(CC(O)C(OCc3ccccc3)C2)c2cc(=O)c(C(=O)NC(C)CO)cn21. The fourth-order valence-electron chi connectivity index (χ4n) is 4.76. The van der Waals surface area contributed by atoms with Gasteiger partial charge in [0, 0.05) is 36.5 Å². The summed E-state index contributed by atoms with van der Waals surface area (Å²) in [5, 5.41) is 22.7. The summed E-state index contributed by atoms with van der Waals surface area (Å²) in [6.07, 6.45) is 3.38. The fourth-order valence-corrected chi connectivity index (χ4v) is 4.76. The van der Waals surface area contributed by atoms with Crippen molar-refractivity contribution in [3.05, 3.63) is 75.2 Å². The van der Waals surface area contributed by atoms with Gasteiger partial charge < -0.3 is 24.8 Å². The predicted molar refractivity (Wildman–Crippen MR) is 126 cm³/mol. The van der Waals surface area contributed by atoms with Crippen LogP contribution in [-0.2, 0) is 11.3 Å². The molecule has 33 heavy (non-hydrogen) atoms. The molecule has 2 heterocycles. The van der Waals surface area contributed by atoms with Gasteiger partial charge in [-0.25, -0.2) is 0 Å². The number of ether oxygens (including phenoxy) is 1. The Balaban J connectivity index is 1.60. The molecule has 3 N–H and O–H groups in total. The molecule has 1 aliphatic carbocycles. The van der Waals surface area contributed by atoms with Crippen LogP contribution in [0, 0.1) is 0 Å². The minimum atomic E-state index is -0.664. The molecular formula is C26H32N2O5. The van der Waals surface area contributed by atoms with Gasteiger partial charge in [0.2, 0.25) is 0 Å². The zero-order valence-corrected chi connectivity index (χ0v) is 19.2. The van der Waals surface area contributed by atoms with Crippen molar-refractivity contribution >= 4 is 11.5 Å². The van der Waals surface area contributed by atoms with E-state index in [1.807, 2.05) is 34.9 Å². The molecule has 1 aromatic carbocycles. The number of aliphatic hydroxyl groups is 2. The summed E-state index contributed by atoms with van der Waals surface area (Å²) in [6, 6.07) is 11.1. The molecule has 4 unspecified atom stereocenters. The number of rotatable bonds is 7. The standard InChI is InChI=1S/C26H32N2O5/c1-3-19-9-18-10-25(33-15-17-7-5-4-6-8-17)24(31)11-20(18)22-12-23(30)21(13-28(19)22)26(32)27-16(2)14-29/h4-8,12-13,16,19,24-25,29,31H,3,9-11,14-15H2,1-2H3,(H,27,32). The second kappa shape index (κ2) is 10.0. The van der Waals surface area contributed by atoms with Gasteiger partial charge in [-0.3, -0.25) is 9.59 Å². The van der Waals surface area contributed by atoms with Gasteiger partial charge in [-0.2, -0.15) is 0 Å². The number of nitrogens with zero attached hydrogens (tertiary/aromatic N) is 1. The van der Waals surface area contributed by atoms with Gasteiger partial charge in [-0.05, 0) is 37.3 Å². The van der Waals surface area contributed by atoms with Crippen molar-refractivity contribution in [2.75, 3.05) is 6.61 Å². The van der Waals surface area contributed by atoms with Gasteiger partial charge in [0.1, 0.15) is 5.56 Å². The third kappa shape index (κ3) is 4.95. The summed E-state index contributed by atoms with van der Waals surface area (Å²) in [5.74, 6) is -0.482. The molecule has 7 nitrogen and oxygen atoms in total. The zero-order valence-electron chi connectivity index (χ0n) is 19.2. The largest absolute Gasteiger partial charge is 0.394 e. The summed E-state index contributed by atoms with van der Waals surface area (Å²) < 4.78 is 8.09. The van der Waals surface area contributed by atoms with Gasteiger partial charge in [-0.1, -0.05) is 42.8 Å². The highest BCUT2D eigenvalue weighted by Crippen LogP contribution is 2.43. The van der Waals surface area contributed by atoms with Crippen molar-refractivity contribution in [3.63, 3.8) is 0 Å². The smallest absolute Gasteiger partial charge is 0.257 e. The number of amides is 1. The average molecular weight is 453 g/mol. The molecule has 0 spiro atoms. The summed E-state index contributed by atoms with van der Waals surface area (Å²) in [6.45, 7) is 4.02. The van der Waals surface area contributed by atoms with E-state index in [2.05, 4.69) is 12.2 Å². The number of nitrogens with one attached hydrogen (secondary N) is 1. The van der Waals surface area contributed by atoms with E-state index in [1.165, 1.54) is 11.6 Å². The third-order valence-corrected chi connectivity index (χ3v) is 6.66. The number of aliphatic hydroxyl groups excluding tert-OH is 2. The predicted octanol–water partition coefficient (Wildman–Crippen LogP) is 2.81. The molecule has 0 fully saturated rings. The monoisotopic (exact) mass is 452 g/mol. The minimum Gasteiger partial charge on any atom is -0.394 e. The number of hydrogen-bond acceptors (Lipinski definition) is 5. The minimum absolute atomic E-state index is 0.0713. The molecule has 0 saturated heterocycles. The molecule has 0 saturated carbocycles. The summed E-state index contributed by atoms with van der Waals surface area (Å²) in [5.41, 5.74) is 3.76. The lowest BCUT2D eigenvalue weighted by atomic mass is 9.80. The lowest BCUT2D eigenvalue weighted by Crippen LogP contribution is -2.39. The lowest BCUT2D eigenvalue weighted by Gasteiger charge is -2.39. The molecule has 4 atom stereocenters. The number of fused-ring (bicyclic) bond motifs is 2. The van der Waals surface area contributed by atoms with Gasteiger partial charge in [0.05, 0.1) is 25.4 Å². The Morgan fingerprint density at radius 2 is 2.00 bits per heavy atom. The Bertz CT molecular complexity index is 1090. The Kier molecular flexibility index (Phi) is 7.12. The fraction of sp³-hybridized carbons (Fsp3) is 0.462. The van der Waals surface area contributed by atoms with Crippen molar-refractivity contribution in [3.8, 4) is 0 Å². The van der Waals surface area contributed by atoms with E-state index in [0.29, 0.717) is 19.4 Å². The van der Waals surface area contributed by atoms with Crippen LogP contribution in [0.5, 0.6) is 0 Å². The molecule has 1 aromatic heterocycles. The first-order chi connectivity index (χ1) is 15.9. The third-order valence-electron chi connectivity index (χ3n) is 6.66. The van der Waals surface area contributed by atoms with Gasteiger partial charge in [0.25, 0.3) is 5.91 Å². The first-order valence-corrected chi connectivity index (χ1v) is 11.6. The van der Waals surface area contributed by atoms with Gasteiger partial charge in [0.15, 0.2) is 5.43 Å². The number of aromatic nitrogens is 1. The topological polar surface area (TPSA) is 101 Å². The first-order valence-electron chi connectivity index (χ1n) is 11.6. The van der Waals surface area contributed by atoms with Crippen LogP contribution in [0.25, 0.3) is 5.57 Å². The van der Waals surface area contributed by atoms with Crippen molar-refractivity contribution in [2.45, 2.75) is 70.4 Å². The Labute approximate surface area is 193 Å². The van der Waals surface area contributed by atoms with Crippen molar-refractivity contribution < 1.29 is 19.7 Å². The molecule has 176 valence electrons. The van der Waals surface area contributed by atoms with Crippen LogP contribution in [-0.4, -0.2) is 45.5 Å². The van der Waals surface area contributed by atoms with Crippen molar-refractivity contribution in [1.29, 1.82) is 0 Å². The molecule has 0 radical (unpaired) electrons. The van der Waals surface area contributed by atoms with Crippen LogP contribution in [0.2, 0.25) is 0 Å². The second-order valence-corrected chi connectivity index (χ2v) is 9.06. The van der Waals surface area contributed by atoms with E-state index in [4.69, 9.17) is 4.74 Å². The van der Waals surface area contributed by atoms with Crippen molar-refractivity contribution in [1.82, 2.24) is 9.88 Å².